The zero-order chi connectivity index (χ0) is 14.7. The minimum absolute atomic E-state index is 0.123. The van der Waals surface area contributed by atoms with Crippen molar-refractivity contribution in [1.82, 2.24) is 0 Å². The van der Waals surface area contributed by atoms with Crippen LogP contribution in [0.5, 0.6) is 0 Å². The van der Waals surface area contributed by atoms with Crippen molar-refractivity contribution >= 4 is 44.6 Å². The summed E-state index contributed by atoms with van der Waals surface area (Å²) >= 11 is 8.50. The fraction of sp³-hybridized carbons (Fsp3) is 0.0714. The molecule has 0 radical (unpaired) electrons. The van der Waals surface area contributed by atoms with Crippen molar-refractivity contribution in [2.45, 2.75) is 6.92 Å². The maximum absolute atomic E-state index is 13.5. The van der Waals surface area contributed by atoms with Gasteiger partial charge in [-0.2, -0.15) is 0 Å². The third-order valence-corrected chi connectivity index (χ3v) is 3.69. The molecule has 0 aliphatic carbocycles. The largest absolute Gasteiger partial charge is 0.332 e. The predicted octanol–water partition coefficient (Wildman–Crippen LogP) is 4.84. The van der Waals surface area contributed by atoms with Crippen LogP contribution in [0, 0.1) is 18.6 Å². The van der Waals surface area contributed by atoms with Gasteiger partial charge in [0.2, 0.25) is 0 Å². The van der Waals surface area contributed by atoms with E-state index in [9.17, 15) is 8.78 Å². The van der Waals surface area contributed by atoms with E-state index in [0.717, 1.165) is 27.9 Å². The van der Waals surface area contributed by atoms with Gasteiger partial charge in [0.05, 0.1) is 5.69 Å². The first-order valence-corrected chi connectivity index (χ1v) is 6.95. The number of hydrogen-bond donors (Lipinski definition) is 2. The lowest BCUT2D eigenvalue weighted by Crippen LogP contribution is -2.19. The zero-order valence-electron chi connectivity index (χ0n) is 10.5. The van der Waals surface area contributed by atoms with Gasteiger partial charge in [-0.05, 0) is 55.0 Å². The summed E-state index contributed by atoms with van der Waals surface area (Å²) in [6, 6.07) is 8.89. The monoisotopic (exact) mass is 356 g/mol. The van der Waals surface area contributed by atoms with Gasteiger partial charge < -0.3 is 10.6 Å². The quantitative estimate of drug-likeness (QED) is 0.752. The summed E-state index contributed by atoms with van der Waals surface area (Å²) in [5.41, 5.74) is 1.95. The van der Waals surface area contributed by atoms with Crippen molar-refractivity contribution in [2.75, 3.05) is 10.6 Å². The van der Waals surface area contributed by atoms with E-state index < -0.39 is 11.6 Å². The molecule has 0 aliphatic heterocycles. The standard InChI is InChI=1S/C14H11BrF2N2S/c1-8-6-10(3-4-11(8)15)18-14(20)19-13-5-2-9(16)7-12(13)17/h2-7H,1H3,(H2,18,19,20). The average molecular weight is 357 g/mol. The first kappa shape index (κ1) is 14.9. The van der Waals surface area contributed by atoms with E-state index in [2.05, 4.69) is 26.6 Å². The minimum Gasteiger partial charge on any atom is -0.332 e. The lowest BCUT2D eigenvalue weighted by Gasteiger charge is -2.12. The van der Waals surface area contributed by atoms with Crippen LogP contribution in [0.25, 0.3) is 0 Å². The molecule has 104 valence electrons. The lowest BCUT2D eigenvalue weighted by molar-refractivity contribution is 0.586. The smallest absolute Gasteiger partial charge is 0.175 e. The van der Waals surface area contributed by atoms with Gasteiger partial charge in [0.25, 0.3) is 0 Å². The second-order valence-electron chi connectivity index (χ2n) is 4.17. The maximum Gasteiger partial charge on any atom is 0.175 e. The number of nitrogens with one attached hydrogen (secondary N) is 2. The van der Waals surface area contributed by atoms with Gasteiger partial charge in [0.1, 0.15) is 11.6 Å². The highest BCUT2D eigenvalue weighted by Crippen LogP contribution is 2.20. The second kappa shape index (κ2) is 6.28. The molecule has 2 aromatic rings. The highest BCUT2D eigenvalue weighted by molar-refractivity contribution is 9.10. The first-order chi connectivity index (χ1) is 9.45. The average Bonchev–Trinajstić information content (AvgIpc) is 2.37. The summed E-state index contributed by atoms with van der Waals surface area (Å²) < 4.78 is 27.3. The predicted molar refractivity (Wildman–Crippen MR) is 85.1 cm³/mol. The molecule has 0 aliphatic rings. The third kappa shape index (κ3) is 3.74. The Morgan fingerprint density at radius 2 is 1.85 bits per heavy atom. The first-order valence-electron chi connectivity index (χ1n) is 5.75. The van der Waals surface area contributed by atoms with Crippen molar-refractivity contribution in [2.24, 2.45) is 0 Å². The van der Waals surface area contributed by atoms with Crippen LogP contribution in [-0.2, 0) is 0 Å². The van der Waals surface area contributed by atoms with E-state index in [0.29, 0.717) is 0 Å². The number of hydrogen-bond acceptors (Lipinski definition) is 1. The van der Waals surface area contributed by atoms with Crippen molar-refractivity contribution in [3.8, 4) is 0 Å². The Morgan fingerprint density at radius 1 is 1.10 bits per heavy atom. The molecule has 20 heavy (non-hydrogen) atoms. The van der Waals surface area contributed by atoms with Crippen LogP contribution >= 0.6 is 28.1 Å². The molecule has 6 heteroatoms. The van der Waals surface area contributed by atoms with Gasteiger partial charge in [-0.3, -0.25) is 0 Å². The van der Waals surface area contributed by atoms with E-state index in [-0.39, 0.29) is 10.8 Å². The van der Waals surface area contributed by atoms with E-state index >= 15 is 0 Å². The van der Waals surface area contributed by atoms with Gasteiger partial charge in [-0.1, -0.05) is 15.9 Å². The van der Waals surface area contributed by atoms with Crippen LogP contribution in [0.2, 0.25) is 0 Å². The topological polar surface area (TPSA) is 24.1 Å². The second-order valence-corrected chi connectivity index (χ2v) is 5.43. The summed E-state index contributed by atoms with van der Waals surface area (Å²) in [5, 5.41) is 5.86. The molecule has 2 aromatic carbocycles. The van der Waals surface area contributed by atoms with Crippen LogP contribution < -0.4 is 10.6 Å². The molecule has 0 saturated carbocycles. The number of rotatable bonds is 2. The number of anilines is 2. The number of thiocarbonyl (C=S) groups is 1. The molecule has 0 spiro atoms. The molecule has 2 rings (SSSR count). The normalized spacial score (nSPS) is 10.2. The molecule has 0 atom stereocenters. The fourth-order valence-corrected chi connectivity index (χ4v) is 2.07. The Kier molecular flexibility index (Phi) is 4.67. The molecule has 2 nitrogen and oxygen atoms in total. The number of halogens is 3. The molecular formula is C14H11BrF2N2S. The van der Waals surface area contributed by atoms with Gasteiger partial charge in [-0.15, -0.1) is 0 Å². The van der Waals surface area contributed by atoms with E-state index in [1.54, 1.807) is 0 Å². The SMILES string of the molecule is Cc1cc(NC(=S)Nc2ccc(F)cc2F)ccc1Br. The van der Waals surface area contributed by atoms with Crippen LogP contribution in [0.3, 0.4) is 0 Å². The number of aryl methyl sites for hydroxylation is 1. The third-order valence-electron chi connectivity index (χ3n) is 2.60. The molecule has 0 amide bonds. The van der Waals surface area contributed by atoms with Gasteiger partial charge >= 0.3 is 0 Å². The Labute approximate surface area is 129 Å². The minimum atomic E-state index is -0.693. The molecule has 2 N–H and O–H groups in total. The summed E-state index contributed by atoms with van der Waals surface area (Å²) in [7, 11) is 0. The molecular weight excluding hydrogens is 346 g/mol. The highest BCUT2D eigenvalue weighted by Gasteiger charge is 2.06. The molecule has 0 aromatic heterocycles. The molecule has 0 bridgehead atoms. The Balaban J connectivity index is 2.07. The summed E-state index contributed by atoms with van der Waals surface area (Å²) in [6.45, 7) is 1.95. The molecule has 0 unspecified atom stereocenters. The Bertz CT molecular complexity index is 662. The summed E-state index contributed by atoms with van der Waals surface area (Å²) in [6.07, 6.45) is 0. The highest BCUT2D eigenvalue weighted by atomic mass is 79.9. The van der Waals surface area contributed by atoms with Gasteiger partial charge in [0, 0.05) is 16.2 Å². The maximum atomic E-state index is 13.5. The number of benzene rings is 2. The fourth-order valence-electron chi connectivity index (χ4n) is 1.60. The van der Waals surface area contributed by atoms with Crippen molar-refractivity contribution in [3.05, 3.63) is 58.1 Å². The van der Waals surface area contributed by atoms with E-state index in [1.807, 2.05) is 25.1 Å². The van der Waals surface area contributed by atoms with Crippen molar-refractivity contribution in [1.29, 1.82) is 0 Å². The summed E-state index contributed by atoms with van der Waals surface area (Å²) in [5.74, 6) is -1.32. The van der Waals surface area contributed by atoms with E-state index in [4.69, 9.17) is 12.2 Å². The lowest BCUT2D eigenvalue weighted by atomic mass is 10.2. The summed E-state index contributed by atoms with van der Waals surface area (Å²) in [4.78, 5) is 0. The van der Waals surface area contributed by atoms with Crippen LogP contribution in [0.4, 0.5) is 20.2 Å². The van der Waals surface area contributed by atoms with Crippen molar-refractivity contribution in [3.63, 3.8) is 0 Å². The molecule has 0 fully saturated rings. The Morgan fingerprint density at radius 3 is 2.50 bits per heavy atom. The zero-order valence-corrected chi connectivity index (χ0v) is 12.9. The van der Waals surface area contributed by atoms with Gasteiger partial charge in [-0.25, -0.2) is 8.78 Å². The van der Waals surface area contributed by atoms with Crippen molar-refractivity contribution < 1.29 is 8.78 Å². The molecule has 0 saturated heterocycles. The van der Waals surface area contributed by atoms with Crippen LogP contribution in [0.15, 0.2) is 40.9 Å². The van der Waals surface area contributed by atoms with E-state index in [1.165, 1.54) is 6.07 Å². The van der Waals surface area contributed by atoms with Crippen LogP contribution in [-0.4, -0.2) is 5.11 Å². The van der Waals surface area contributed by atoms with Gasteiger partial charge in [0.15, 0.2) is 5.11 Å². The Hall–Kier alpha value is -1.53. The van der Waals surface area contributed by atoms with Crippen LogP contribution in [0.1, 0.15) is 5.56 Å². The molecule has 0 heterocycles.